The Bertz CT molecular complexity index is 740. The largest absolute Gasteiger partial charge is 0.545 e. The maximum atomic E-state index is 12.8. The number of halogens is 1. The molecule has 6 heteroatoms. The van der Waals surface area contributed by atoms with Crippen molar-refractivity contribution in [3.63, 3.8) is 0 Å². The highest BCUT2D eigenvalue weighted by atomic mass is 35.5. The van der Waals surface area contributed by atoms with Crippen LogP contribution in [0, 0.1) is 23.7 Å². The van der Waals surface area contributed by atoms with Crippen molar-refractivity contribution in [1.29, 1.82) is 0 Å². The van der Waals surface area contributed by atoms with Crippen LogP contribution in [0.15, 0.2) is 30.4 Å². The molecule has 118 valence electrons. The van der Waals surface area contributed by atoms with Crippen LogP contribution in [-0.2, 0) is 9.59 Å². The molecule has 0 N–H and O–H groups in total. The third kappa shape index (κ3) is 1.96. The van der Waals surface area contributed by atoms with Gasteiger partial charge in [-0.1, -0.05) is 23.8 Å². The van der Waals surface area contributed by atoms with Crippen molar-refractivity contribution in [2.75, 3.05) is 4.90 Å². The van der Waals surface area contributed by atoms with Gasteiger partial charge in [0.05, 0.1) is 23.5 Å². The van der Waals surface area contributed by atoms with E-state index in [9.17, 15) is 19.5 Å². The van der Waals surface area contributed by atoms with E-state index in [2.05, 4.69) is 0 Å². The van der Waals surface area contributed by atoms with Crippen molar-refractivity contribution < 1.29 is 19.5 Å². The van der Waals surface area contributed by atoms with Gasteiger partial charge in [0.2, 0.25) is 11.8 Å². The maximum absolute atomic E-state index is 12.8. The van der Waals surface area contributed by atoms with Crippen LogP contribution in [0.2, 0.25) is 5.02 Å². The van der Waals surface area contributed by atoms with Gasteiger partial charge >= 0.3 is 0 Å². The second-order valence-electron chi connectivity index (χ2n) is 6.31. The molecule has 0 spiro atoms. The van der Waals surface area contributed by atoms with E-state index in [-0.39, 0.29) is 51.8 Å². The molecule has 5 nitrogen and oxygen atoms in total. The molecule has 1 aliphatic heterocycles. The molecule has 23 heavy (non-hydrogen) atoms. The van der Waals surface area contributed by atoms with E-state index in [4.69, 9.17) is 11.6 Å². The first kappa shape index (κ1) is 14.5. The second kappa shape index (κ2) is 4.93. The number of benzene rings is 1. The van der Waals surface area contributed by atoms with Gasteiger partial charge < -0.3 is 9.90 Å². The minimum absolute atomic E-state index is 0.0204. The average molecular weight is 331 g/mol. The molecule has 5 rings (SSSR count). The number of carboxylic acid groups (broad SMARTS) is 1. The number of amides is 2. The molecule has 2 bridgehead atoms. The number of nitrogens with zero attached hydrogens (tertiary/aromatic N) is 1. The maximum Gasteiger partial charge on any atom is 0.238 e. The topological polar surface area (TPSA) is 77.5 Å². The highest BCUT2D eigenvalue weighted by Gasteiger charge is 2.56. The normalized spacial score (nSPS) is 31.6. The predicted molar refractivity (Wildman–Crippen MR) is 80.6 cm³/mol. The van der Waals surface area contributed by atoms with Gasteiger partial charge in [-0.25, -0.2) is 4.90 Å². The van der Waals surface area contributed by atoms with Gasteiger partial charge in [-0.2, -0.15) is 0 Å². The van der Waals surface area contributed by atoms with Crippen molar-refractivity contribution >= 4 is 35.1 Å². The quantitative estimate of drug-likeness (QED) is 0.606. The SMILES string of the molecule is O=C([O-])c1cc(N2C(=O)[C@@H]3[C@H](C2=O)[C@H]2C=C[C@@H]3CC2)ccc1Cl. The highest BCUT2D eigenvalue weighted by Crippen LogP contribution is 2.50. The fourth-order valence-corrected chi connectivity index (χ4v) is 4.33. The number of carboxylic acids is 1. The zero-order valence-electron chi connectivity index (χ0n) is 12.1. The van der Waals surface area contributed by atoms with Crippen LogP contribution in [0.25, 0.3) is 0 Å². The molecule has 3 aliphatic carbocycles. The molecule has 1 aromatic rings. The summed E-state index contributed by atoms with van der Waals surface area (Å²) in [6, 6.07) is 4.11. The lowest BCUT2D eigenvalue weighted by molar-refractivity contribution is -0.255. The first-order chi connectivity index (χ1) is 11.0. The number of hydrogen-bond donors (Lipinski definition) is 0. The standard InChI is InChI=1S/C17H14ClNO4/c18-12-6-5-10(7-11(12)17(22)23)19-15(20)13-8-1-2-9(4-3-8)14(13)16(19)21/h1-2,5-9,13-14H,3-4H2,(H,22,23)/p-1/t8-,9+,13+,14-. The van der Waals surface area contributed by atoms with Crippen molar-refractivity contribution in [1.82, 2.24) is 0 Å². The van der Waals surface area contributed by atoms with E-state index in [1.807, 2.05) is 12.2 Å². The fourth-order valence-electron chi connectivity index (χ4n) is 4.14. The van der Waals surface area contributed by atoms with E-state index in [1.54, 1.807) is 0 Å². The Morgan fingerprint density at radius 2 is 1.65 bits per heavy atom. The zero-order chi connectivity index (χ0) is 16.3. The number of hydrogen-bond acceptors (Lipinski definition) is 4. The van der Waals surface area contributed by atoms with Crippen LogP contribution in [0.4, 0.5) is 5.69 Å². The molecular formula is C17H13ClNO4-. The number of anilines is 1. The number of fused-ring (bicyclic) bond motifs is 1. The van der Waals surface area contributed by atoms with Crippen molar-refractivity contribution in [2.24, 2.45) is 23.7 Å². The molecule has 2 fully saturated rings. The summed E-state index contributed by atoms with van der Waals surface area (Å²) in [5.74, 6) is -2.38. The molecular weight excluding hydrogens is 318 g/mol. The molecule has 4 aliphatic rings. The van der Waals surface area contributed by atoms with Crippen LogP contribution < -0.4 is 10.0 Å². The van der Waals surface area contributed by atoms with Gasteiger partial charge in [0.15, 0.2) is 0 Å². The molecule has 1 heterocycles. The van der Waals surface area contributed by atoms with Gasteiger partial charge in [0.1, 0.15) is 0 Å². The van der Waals surface area contributed by atoms with Gasteiger partial charge in [-0.15, -0.1) is 0 Å². The van der Waals surface area contributed by atoms with Crippen LogP contribution in [0.1, 0.15) is 23.2 Å². The van der Waals surface area contributed by atoms with Crippen LogP contribution in [0.5, 0.6) is 0 Å². The summed E-state index contributed by atoms with van der Waals surface area (Å²) in [5, 5.41) is 11.1. The van der Waals surface area contributed by atoms with Gasteiger partial charge in [-0.05, 0) is 42.9 Å². The molecule has 4 atom stereocenters. The van der Waals surface area contributed by atoms with Crippen molar-refractivity contribution in [3.8, 4) is 0 Å². The lowest BCUT2D eigenvalue weighted by Crippen LogP contribution is -2.38. The monoisotopic (exact) mass is 330 g/mol. The Morgan fingerprint density at radius 1 is 1.09 bits per heavy atom. The summed E-state index contributed by atoms with van der Waals surface area (Å²) in [4.78, 5) is 37.8. The van der Waals surface area contributed by atoms with Crippen molar-refractivity contribution in [2.45, 2.75) is 12.8 Å². The number of aromatic carboxylic acids is 1. The van der Waals surface area contributed by atoms with E-state index in [0.717, 1.165) is 17.7 Å². The lowest BCUT2D eigenvalue weighted by Gasteiger charge is -2.38. The van der Waals surface area contributed by atoms with Gasteiger partial charge in [0, 0.05) is 10.6 Å². The van der Waals surface area contributed by atoms with E-state index in [0.29, 0.717) is 0 Å². The lowest BCUT2D eigenvalue weighted by atomic mass is 9.63. The van der Waals surface area contributed by atoms with Crippen LogP contribution in [-0.4, -0.2) is 17.8 Å². The average Bonchev–Trinajstić information content (AvgIpc) is 2.83. The van der Waals surface area contributed by atoms with Crippen LogP contribution in [0.3, 0.4) is 0 Å². The summed E-state index contributed by atoms with van der Waals surface area (Å²) >= 11 is 5.83. The molecule has 0 unspecified atom stereocenters. The Hall–Kier alpha value is -2.14. The summed E-state index contributed by atoms with van der Waals surface area (Å²) < 4.78 is 0. The third-order valence-corrected chi connectivity index (χ3v) is 5.52. The first-order valence-corrected chi connectivity index (χ1v) is 7.94. The summed E-state index contributed by atoms with van der Waals surface area (Å²) in [6.45, 7) is 0. The van der Waals surface area contributed by atoms with E-state index >= 15 is 0 Å². The molecule has 1 saturated carbocycles. The summed E-state index contributed by atoms with van der Waals surface area (Å²) in [5.41, 5.74) is 0.0261. The number of carbonyl (C=O) groups is 3. The van der Waals surface area contributed by atoms with E-state index in [1.165, 1.54) is 18.2 Å². The predicted octanol–water partition coefficient (Wildman–Crippen LogP) is 1.41. The summed E-state index contributed by atoms with van der Waals surface area (Å²) in [7, 11) is 0. The van der Waals surface area contributed by atoms with Crippen molar-refractivity contribution in [3.05, 3.63) is 40.9 Å². The summed E-state index contributed by atoms with van der Waals surface area (Å²) in [6.07, 6.45) is 5.91. The van der Waals surface area contributed by atoms with E-state index < -0.39 is 5.97 Å². The first-order valence-electron chi connectivity index (χ1n) is 7.56. The second-order valence-corrected chi connectivity index (χ2v) is 6.71. The molecule has 2 amide bonds. The Morgan fingerprint density at radius 3 is 2.13 bits per heavy atom. The Kier molecular flexibility index (Phi) is 3.10. The molecule has 0 radical (unpaired) electrons. The Labute approximate surface area is 137 Å². The minimum atomic E-state index is -1.44. The molecule has 1 aromatic carbocycles. The number of carbonyl (C=O) groups excluding carboxylic acids is 3. The smallest absolute Gasteiger partial charge is 0.238 e. The van der Waals surface area contributed by atoms with Gasteiger partial charge in [-0.3, -0.25) is 9.59 Å². The van der Waals surface area contributed by atoms with Crippen LogP contribution >= 0.6 is 11.6 Å². The number of allylic oxidation sites excluding steroid dienone is 2. The minimum Gasteiger partial charge on any atom is -0.545 e. The molecule has 1 saturated heterocycles. The number of rotatable bonds is 2. The highest BCUT2D eigenvalue weighted by molar-refractivity contribution is 6.33. The Balaban J connectivity index is 1.76. The van der Waals surface area contributed by atoms with Gasteiger partial charge in [0.25, 0.3) is 0 Å². The third-order valence-electron chi connectivity index (χ3n) is 5.19. The zero-order valence-corrected chi connectivity index (χ0v) is 12.8. The molecule has 0 aromatic heterocycles. The number of imide groups is 1. The fraction of sp³-hybridized carbons (Fsp3) is 0.353.